The van der Waals surface area contributed by atoms with Gasteiger partial charge in [-0.15, -0.1) is 0 Å². The van der Waals surface area contributed by atoms with Crippen LogP contribution >= 0.6 is 0 Å². The molecule has 0 radical (unpaired) electrons. The van der Waals surface area contributed by atoms with Gasteiger partial charge in [-0.25, -0.2) is 0 Å². The SMILES string of the molecule is CCCCCC/C=C\COC(=O)CCCCCCCCC(CCCCCCCCC)C1CC(C(=O)O)CCN1C. The highest BCUT2D eigenvalue weighted by Crippen LogP contribution is 2.33. The van der Waals surface area contributed by atoms with Crippen LogP contribution in [0.1, 0.15) is 162 Å². The number of carboxylic acid groups (broad SMARTS) is 1. The summed E-state index contributed by atoms with van der Waals surface area (Å²) in [5.41, 5.74) is 0. The zero-order valence-electron chi connectivity index (χ0n) is 26.7. The number of hydrogen-bond donors (Lipinski definition) is 1. The number of aliphatic carboxylic acids is 1. The molecule has 0 aromatic rings. The minimum Gasteiger partial charge on any atom is -0.481 e. The number of hydrogen-bond acceptors (Lipinski definition) is 4. The van der Waals surface area contributed by atoms with Gasteiger partial charge in [-0.05, 0) is 64.5 Å². The summed E-state index contributed by atoms with van der Waals surface area (Å²) in [7, 11) is 2.20. The van der Waals surface area contributed by atoms with Crippen molar-refractivity contribution in [3.8, 4) is 0 Å². The van der Waals surface area contributed by atoms with Crippen LogP contribution in [0.5, 0.6) is 0 Å². The number of piperidine rings is 1. The smallest absolute Gasteiger partial charge is 0.306 e. The van der Waals surface area contributed by atoms with Gasteiger partial charge in [-0.3, -0.25) is 9.59 Å². The Labute approximate surface area is 247 Å². The van der Waals surface area contributed by atoms with Crippen LogP contribution in [-0.2, 0) is 14.3 Å². The molecule has 234 valence electrons. The molecule has 0 saturated carbocycles. The third kappa shape index (κ3) is 18.9. The van der Waals surface area contributed by atoms with Crippen LogP contribution in [0.4, 0.5) is 0 Å². The average Bonchev–Trinajstić information content (AvgIpc) is 2.94. The van der Waals surface area contributed by atoms with E-state index in [1.807, 2.05) is 6.08 Å². The lowest BCUT2D eigenvalue weighted by atomic mass is 9.79. The molecule has 1 aliphatic heterocycles. The second-order valence-electron chi connectivity index (χ2n) is 12.4. The molecule has 0 aromatic heterocycles. The molecule has 0 amide bonds. The third-order valence-corrected chi connectivity index (χ3v) is 8.93. The van der Waals surface area contributed by atoms with Crippen LogP contribution in [0.3, 0.4) is 0 Å². The van der Waals surface area contributed by atoms with E-state index in [4.69, 9.17) is 4.74 Å². The summed E-state index contributed by atoms with van der Waals surface area (Å²) in [6.07, 6.45) is 31.1. The van der Waals surface area contributed by atoms with E-state index in [0.29, 0.717) is 25.0 Å². The molecule has 1 heterocycles. The van der Waals surface area contributed by atoms with Crippen molar-refractivity contribution >= 4 is 11.9 Å². The quantitative estimate of drug-likeness (QED) is 0.0644. The molecule has 5 nitrogen and oxygen atoms in total. The first-order valence-corrected chi connectivity index (χ1v) is 17.2. The minimum absolute atomic E-state index is 0.0693. The van der Waals surface area contributed by atoms with Crippen LogP contribution in [0.15, 0.2) is 12.2 Å². The predicted molar refractivity (Wildman–Crippen MR) is 169 cm³/mol. The Morgan fingerprint density at radius 3 is 1.95 bits per heavy atom. The Morgan fingerprint density at radius 2 is 1.35 bits per heavy atom. The van der Waals surface area contributed by atoms with Gasteiger partial charge in [0.2, 0.25) is 0 Å². The van der Waals surface area contributed by atoms with E-state index in [1.54, 1.807) is 0 Å². The largest absolute Gasteiger partial charge is 0.481 e. The van der Waals surface area contributed by atoms with Gasteiger partial charge < -0.3 is 14.7 Å². The van der Waals surface area contributed by atoms with Gasteiger partial charge in [-0.2, -0.15) is 0 Å². The Morgan fingerprint density at radius 1 is 0.800 bits per heavy atom. The molecule has 0 aliphatic carbocycles. The maximum Gasteiger partial charge on any atom is 0.306 e. The van der Waals surface area contributed by atoms with Crippen LogP contribution < -0.4 is 0 Å². The third-order valence-electron chi connectivity index (χ3n) is 8.93. The highest BCUT2D eigenvalue weighted by molar-refractivity contribution is 5.70. The lowest BCUT2D eigenvalue weighted by Gasteiger charge is -2.40. The second-order valence-corrected chi connectivity index (χ2v) is 12.4. The molecule has 1 saturated heterocycles. The van der Waals surface area contributed by atoms with Gasteiger partial charge in [-0.1, -0.05) is 122 Å². The average molecular weight is 564 g/mol. The van der Waals surface area contributed by atoms with Crippen molar-refractivity contribution in [2.24, 2.45) is 11.8 Å². The van der Waals surface area contributed by atoms with Gasteiger partial charge in [0, 0.05) is 12.5 Å². The molecule has 1 rings (SSSR count). The Hall–Kier alpha value is -1.36. The first-order valence-electron chi connectivity index (χ1n) is 17.2. The number of ether oxygens (including phenoxy) is 1. The molecule has 1 aliphatic rings. The van der Waals surface area contributed by atoms with E-state index < -0.39 is 5.97 Å². The van der Waals surface area contributed by atoms with Gasteiger partial charge in [0.25, 0.3) is 0 Å². The fourth-order valence-corrected chi connectivity index (χ4v) is 6.26. The highest BCUT2D eigenvalue weighted by Gasteiger charge is 2.34. The van der Waals surface area contributed by atoms with Crippen molar-refractivity contribution < 1.29 is 19.4 Å². The van der Waals surface area contributed by atoms with Crippen molar-refractivity contribution in [3.05, 3.63) is 12.2 Å². The number of likely N-dealkylation sites (tertiary alicyclic amines) is 1. The molecule has 40 heavy (non-hydrogen) atoms. The Bertz CT molecular complexity index is 649. The maximum absolute atomic E-state index is 11.9. The molecule has 1 N–H and O–H groups in total. The minimum atomic E-state index is -0.606. The summed E-state index contributed by atoms with van der Waals surface area (Å²) in [4.78, 5) is 26.1. The van der Waals surface area contributed by atoms with Gasteiger partial charge in [0.1, 0.15) is 6.61 Å². The number of rotatable bonds is 26. The molecule has 0 spiro atoms. The van der Waals surface area contributed by atoms with Crippen LogP contribution in [0, 0.1) is 11.8 Å². The molecular weight excluding hydrogens is 498 g/mol. The van der Waals surface area contributed by atoms with E-state index in [9.17, 15) is 14.7 Å². The van der Waals surface area contributed by atoms with Crippen LogP contribution in [-0.4, -0.2) is 48.2 Å². The van der Waals surface area contributed by atoms with Crippen molar-refractivity contribution in [2.45, 2.75) is 168 Å². The molecular formula is C35H65NO4. The summed E-state index contributed by atoms with van der Waals surface area (Å²) >= 11 is 0. The lowest BCUT2D eigenvalue weighted by molar-refractivity contribution is -0.144. The molecule has 0 aromatic carbocycles. The molecule has 3 unspecified atom stereocenters. The van der Waals surface area contributed by atoms with E-state index in [2.05, 4.69) is 31.9 Å². The van der Waals surface area contributed by atoms with E-state index in [0.717, 1.165) is 38.6 Å². The summed E-state index contributed by atoms with van der Waals surface area (Å²) in [5, 5.41) is 9.64. The molecule has 0 bridgehead atoms. The van der Waals surface area contributed by atoms with Gasteiger partial charge in [0.05, 0.1) is 5.92 Å². The topological polar surface area (TPSA) is 66.8 Å². The fourth-order valence-electron chi connectivity index (χ4n) is 6.26. The zero-order chi connectivity index (χ0) is 29.3. The lowest BCUT2D eigenvalue weighted by Crippen LogP contribution is -2.46. The monoisotopic (exact) mass is 563 g/mol. The van der Waals surface area contributed by atoms with E-state index >= 15 is 0 Å². The number of carbonyl (C=O) groups excluding carboxylic acids is 1. The Balaban J connectivity index is 2.23. The van der Waals surface area contributed by atoms with Crippen molar-refractivity contribution in [1.29, 1.82) is 0 Å². The van der Waals surface area contributed by atoms with Crippen molar-refractivity contribution in [3.63, 3.8) is 0 Å². The zero-order valence-corrected chi connectivity index (χ0v) is 26.7. The normalized spacial score (nSPS) is 18.8. The number of unbranched alkanes of at least 4 members (excludes halogenated alkanes) is 15. The van der Waals surface area contributed by atoms with Crippen molar-refractivity contribution in [2.75, 3.05) is 20.2 Å². The van der Waals surface area contributed by atoms with E-state index in [1.165, 1.54) is 109 Å². The Kier molecular flexibility index (Phi) is 23.2. The number of esters is 1. The van der Waals surface area contributed by atoms with Crippen molar-refractivity contribution in [1.82, 2.24) is 4.90 Å². The van der Waals surface area contributed by atoms with Crippen LogP contribution in [0.2, 0.25) is 0 Å². The summed E-state index contributed by atoms with van der Waals surface area (Å²) in [6.45, 7) is 5.81. The standard InChI is InChI=1S/C35H65NO4/c1-4-6-8-10-12-16-20-24-31(33-30-32(35(38)39)27-28-36(33)3)25-21-17-13-14-18-22-26-34(37)40-29-23-19-15-11-9-7-5-2/h19,23,31-33H,4-18,20-22,24-30H2,1-3H3,(H,38,39)/b23-19-. The number of nitrogens with zero attached hydrogens (tertiary/aromatic N) is 1. The molecule has 1 fully saturated rings. The van der Waals surface area contributed by atoms with Gasteiger partial charge >= 0.3 is 11.9 Å². The summed E-state index contributed by atoms with van der Waals surface area (Å²) in [6, 6.07) is 0.414. The fraction of sp³-hybridized carbons (Fsp3) is 0.886. The highest BCUT2D eigenvalue weighted by atomic mass is 16.5. The first-order chi connectivity index (χ1) is 19.5. The van der Waals surface area contributed by atoms with Gasteiger partial charge in [0.15, 0.2) is 0 Å². The summed E-state index contributed by atoms with van der Waals surface area (Å²) < 4.78 is 5.33. The molecule has 3 atom stereocenters. The first kappa shape index (κ1) is 36.7. The van der Waals surface area contributed by atoms with E-state index in [-0.39, 0.29) is 11.9 Å². The van der Waals surface area contributed by atoms with Crippen LogP contribution in [0.25, 0.3) is 0 Å². The number of carbonyl (C=O) groups is 2. The maximum atomic E-state index is 11.9. The second kappa shape index (κ2) is 25.4. The summed E-state index contributed by atoms with van der Waals surface area (Å²) in [5.74, 6) is -0.231. The number of allylic oxidation sites excluding steroid dienone is 1. The predicted octanol–water partition coefficient (Wildman–Crippen LogP) is 9.73. The molecule has 5 heteroatoms. The number of carboxylic acids is 1.